The molecule has 0 fully saturated rings. The third-order valence-corrected chi connectivity index (χ3v) is 4.69. The van der Waals surface area contributed by atoms with Crippen LogP contribution in [0.2, 0.25) is 0 Å². The van der Waals surface area contributed by atoms with Gasteiger partial charge in [-0.2, -0.15) is 0 Å². The topological polar surface area (TPSA) is 35.6 Å². The molecule has 18 heavy (non-hydrogen) atoms. The van der Waals surface area contributed by atoms with E-state index in [4.69, 9.17) is 0 Å². The van der Waals surface area contributed by atoms with Crippen LogP contribution in [0.15, 0.2) is 24.8 Å². The fraction of sp³-hybridized carbons (Fsp3) is 0.500. The minimum atomic E-state index is 0.276. The maximum atomic E-state index is 4.35. The van der Waals surface area contributed by atoms with Gasteiger partial charge in [-0.05, 0) is 12.8 Å². The molecule has 0 aliphatic heterocycles. The van der Waals surface area contributed by atoms with Gasteiger partial charge < -0.3 is 9.13 Å². The molecule has 0 radical (unpaired) electrons. The largest absolute Gasteiger partial charge is 0.337 e. The van der Waals surface area contributed by atoms with Crippen molar-refractivity contribution >= 4 is 31.9 Å². The number of imidazole rings is 2. The second-order valence-electron chi connectivity index (χ2n) is 4.31. The number of aromatic nitrogens is 4. The number of aryl methyl sites for hydroxylation is 2. The first kappa shape index (κ1) is 13.8. The molecule has 2 aromatic heterocycles. The molecule has 2 heterocycles. The smallest absolute Gasteiger partial charge is 0.122 e. The van der Waals surface area contributed by atoms with Gasteiger partial charge in [-0.3, -0.25) is 0 Å². The van der Waals surface area contributed by atoms with Crippen molar-refractivity contribution in [2.75, 3.05) is 0 Å². The van der Waals surface area contributed by atoms with Crippen molar-refractivity contribution < 1.29 is 0 Å². The van der Waals surface area contributed by atoms with Crippen LogP contribution in [0.3, 0.4) is 0 Å². The van der Waals surface area contributed by atoms with Crippen molar-refractivity contribution in [2.45, 2.75) is 22.5 Å². The summed E-state index contributed by atoms with van der Waals surface area (Å²) in [6.07, 6.45) is 9.60. The number of rotatable bonds is 5. The van der Waals surface area contributed by atoms with Crippen molar-refractivity contribution in [1.29, 1.82) is 0 Å². The Labute approximate surface area is 124 Å². The van der Waals surface area contributed by atoms with E-state index in [0.717, 1.165) is 24.5 Å². The van der Waals surface area contributed by atoms with Crippen LogP contribution >= 0.6 is 31.9 Å². The Hall–Kier alpha value is -0.620. The van der Waals surface area contributed by atoms with Crippen LogP contribution in [0.25, 0.3) is 0 Å². The summed E-state index contributed by atoms with van der Waals surface area (Å²) < 4.78 is 4.09. The highest BCUT2D eigenvalue weighted by atomic mass is 79.9. The van der Waals surface area contributed by atoms with E-state index in [2.05, 4.69) is 41.8 Å². The fourth-order valence-electron chi connectivity index (χ4n) is 1.91. The normalized spacial score (nSPS) is 14.7. The molecule has 2 aromatic rings. The molecule has 0 aliphatic carbocycles. The molecule has 0 aromatic carbocycles. The van der Waals surface area contributed by atoms with E-state index in [1.165, 1.54) is 0 Å². The maximum absolute atomic E-state index is 4.35. The Balaban J connectivity index is 1.92. The van der Waals surface area contributed by atoms with E-state index in [9.17, 15) is 0 Å². The van der Waals surface area contributed by atoms with Crippen LogP contribution in [0.5, 0.6) is 0 Å². The monoisotopic (exact) mass is 374 g/mol. The lowest BCUT2D eigenvalue weighted by molar-refractivity contribution is 0.645. The predicted molar refractivity (Wildman–Crippen MR) is 79.0 cm³/mol. The average Bonchev–Trinajstić information content (AvgIpc) is 2.94. The van der Waals surface area contributed by atoms with Gasteiger partial charge in [-0.1, -0.05) is 31.9 Å². The van der Waals surface area contributed by atoms with Gasteiger partial charge in [0.2, 0.25) is 0 Å². The summed E-state index contributed by atoms with van der Waals surface area (Å²) in [5.74, 6) is 2.13. The van der Waals surface area contributed by atoms with E-state index in [1.54, 1.807) is 0 Å². The second-order valence-corrected chi connectivity index (χ2v) is 6.52. The van der Waals surface area contributed by atoms with E-state index in [0.29, 0.717) is 0 Å². The number of hydrogen-bond acceptors (Lipinski definition) is 2. The van der Waals surface area contributed by atoms with Crippen molar-refractivity contribution in [2.24, 2.45) is 14.1 Å². The minimum Gasteiger partial charge on any atom is -0.337 e. The molecule has 0 saturated heterocycles. The molecule has 0 bridgehead atoms. The lowest BCUT2D eigenvalue weighted by Gasteiger charge is -2.13. The van der Waals surface area contributed by atoms with E-state index in [1.807, 2.05) is 48.0 Å². The van der Waals surface area contributed by atoms with Crippen LogP contribution in [0.1, 0.15) is 34.1 Å². The Morgan fingerprint density at radius 3 is 1.61 bits per heavy atom. The highest BCUT2D eigenvalue weighted by Gasteiger charge is 2.17. The zero-order chi connectivity index (χ0) is 13.1. The van der Waals surface area contributed by atoms with Gasteiger partial charge in [0.15, 0.2) is 0 Å². The molecule has 0 aliphatic rings. The van der Waals surface area contributed by atoms with Crippen LogP contribution in [-0.4, -0.2) is 19.1 Å². The van der Waals surface area contributed by atoms with E-state index >= 15 is 0 Å². The highest BCUT2D eigenvalue weighted by Crippen LogP contribution is 2.33. The molecule has 6 heteroatoms. The van der Waals surface area contributed by atoms with Gasteiger partial charge in [0.1, 0.15) is 11.6 Å². The third kappa shape index (κ3) is 3.03. The lowest BCUT2D eigenvalue weighted by atomic mass is 10.2. The van der Waals surface area contributed by atoms with Crippen molar-refractivity contribution in [3.63, 3.8) is 0 Å². The Morgan fingerprint density at radius 1 is 0.944 bits per heavy atom. The quantitative estimate of drug-likeness (QED) is 0.749. The standard InChI is InChI=1S/C12H16Br2N4/c1-17-7-5-15-11(17)9(13)3-4-10(14)12-16-6-8-18(12)2/h5-10H,3-4H2,1-2H3. The molecular weight excluding hydrogens is 360 g/mol. The molecule has 0 spiro atoms. The van der Waals surface area contributed by atoms with Gasteiger partial charge in [-0.25, -0.2) is 9.97 Å². The zero-order valence-corrected chi connectivity index (χ0v) is 13.6. The first-order valence-electron chi connectivity index (χ1n) is 5.82. The Morgan fingerprint density at radius 2 is 1.33 bits per heavy atom. The Kier molecular flexibility index (Phi) is 4.61. The lowest BCUT2D eigenvalue weighted by Crippen LogP contribution is -2.04. The van der Waals surface area contributed by atoms with Gasteiger partial charge >= 0.3 is 0 Å². The summed E-state index contributed by atoms with van der Waals surface area (Å²) in [6, 6.07) is 0. The Bertz CT molecular complexity index is 459. The van der Waals surface area contributed by atoms with Crippen molar-refractivity contribution in [1.82, 2.24) is 19.1 Å². The minimum absolute atomic E-state index is 0.276. The summed E-state index contributed by atoms with van der Waals surface area (Å²) in [6.45, 7) is 0. The summed E-state index contributed by atoms with van der Waals surface area (Å²) in [5, 5.41) is 0. The SMILES string of the molecule is Cn1ccnc1C(Br)CCC(Br)c1nccn1C. The van der Waals surface area contributed by atoms with Crippen LogP contribution < -0.4 is 0 Å². The summed E-state index contributed by atoms with van der Waals surface area (Å²) >= 11 is 7.39. The fourth-order valence-corrected chi connectivity index (χ4v) is 3.32. The first-order valence-corrected chi connectivity index (χ1v) is 7.65. The summed E-state index contributed by atoms with van der Waals surface area (Å²) in [7, 11) is 4.03. The van der Waals surface area contributed by atoms with Crippen LogP contribution in [0.4, 0.5) is 0 Å². The molecule has 4 nitrogen and oxygen atoms in total. The van der Waals surface area contributed by atoms with Crippen LogP contribution in [-0.2, 0) is 14.1 Å². The molecule has 0 saturated carbocycles. The molecule has 2 atom stereocenters. The van der Waals surface area contributed by atoms with Crippen molar-refractivity contribution in [3.8, 4) is 0 Å². The van der Waals surface area contributed by atoms with Gasteiger partial charge in [0.05, 0.1) is 9.65 Å². The molecule has 2 rings (SSSR count). The number of halogens is 2. The number of alkyl halides is 2. The molecule has 98 valence electrons. The number of nitrogens with zero attached hydrogens (tertiary/aromatic N) is 4. The first-order chi connectivity index (χ1) is 8.59. The van der Waals surface area contributed by atoms with Gasteiger partial charge in [0, 0.05) is 38.9 Å². The third-order valence-electron chi connectivity index (χ3n) is 2.95. The van der Waals surface area contributed by atoms with E-state index in [-0.39, 0.29) is 9.65 Å². The number of hydrogen-bond donors (Lipinski definition) is 0. The zero-order valence-electron chi connectivity index (χ0n) is 10.4. The summed E-state index contributed by atoms with van der Waals surface area (Å²) in [5.41, 5.74) is 0. The van der Waals surface area contributed by atoms with E-state index < -0.39 is 0 Å². The van der Waals surface area contributed by atoms with Gasteiger partial charge in [-0.15, -0.1) is 0 Å². The second kappa shape index (κ2) is 6.02. The van der Waals surface area contributed by atoms with Crippen LogP contribution in [0, 0.1) is 0 Å². The average molecular weight is 376 g/mol. The van der Waals surface area contributed by atoms with Gasteiger partial charge in [0.25, 0.3) is 0 Å². The predicted octanol–water partition coefficient (Wildman–Crippen LogP) is 3.51. The maximum Gasteiger partial charge on any atom is 0.122 e. The highest BCUT2D eigenvalue weighted by molar-refractivity contribution is 9.09. The summed E-state index contributed by atoms with van der Waals surface area (Å²) in [4.78, 5) is 9.26. The van der Waals surface area contributed by atoms with Crippen molar-refractivity contribution in [3.05, 3.63) is 36.4 Å². The molecule has 2 unspecified atom stereocenters. The molecule has 0 N–H and O–H groups in total. The molecular formula is C12H16Br2N4. The molecule has 0 amide bonds.